The van der Waals surface area contributed by atoms with Crippen LogP contribution >= 0.6 is 11.8 Å². The fourth-order valence-electron chi connectivity index (χ4n) is 3.55. The molecule has 0 aliphatic heterocycles. The summed E-state index contributed by atoms with van der Waals surface area (Å²) in [6.45, 7) is 21.7. The average Bonchev–Trinajstić information content (AvgIpc) is 2.88. The van der Waals surface area contributed by atoms with Gasteiger partial charge in [-0.1, -0.05) is 64.6 Å². The number of nitrogens with one attached hydrogen (secondary N) is 1. The van der Waals surface area contributed by atoms with Gasteiger partial charge in [0.1, 0.15) is 5.75 Å². The van der Waals surface area contributed by atoms with Crippen molar-refractivity contribution in [1.29, 1.82) is 0 Å². The summed E-state index contributed by atoms with van der Waals surface area (Å²) in [5.41, 5.74) is 8.99. The van der Waals surface area contributed by atoms with Crippen molar-refractivity contribution in [1.82, 2.24) is 15.3 Å². The molecule has 7 heteroatoms. The van der Waals surface area contributed by atoms with Gasteiger partial charge < -0.3 is 10.1 Å². The summed E-state index contributed by atoms with van der Waals surface area (Å²) >= 11 is 1.64. The van der Waals surface area contributed by atoms with E-state index in [1.165, 1.54) is 24.7 Å². The molecule has 2 atom stereocenters. The number of hydrogen-bond donors (Lipinski definition) is 2. The summed E-state index contributed by atoms with van der Waals surface area (Å²) < 4.78 is 20.2. The van der Waals surface area contributed by atoms with E-state index in [2.05, 4.69) is 74.3 Å². The third-order valence-electron chi connectivity index (χ3n) is 6.49. The molecule has 0 bridgehead atoms. The number of halogens is 1. The normalized spacial score (nSPS) is 15.0. The Kier molecular flexibility index (Phi) is 11.4. The highest BCUT2D eigenvalue weighted by atomic mass is 32.2. The van der Waals surface area contributed by atoms with Crippen LogP contribution in [-0.2, 0) is 12.3 Å². The molecule has 0 aliphatic rings. The van der Waals surface area contributed by atoms with E-state index in [0.717, 1.165) is 45.9 Å². The van der Waals surface area contributed by atoms with Gasteiger partial charge in [-0.25, -0.2) is 14.4 Å². The van der Waals surface area contributed by atoms with Crippen LogP contribution in [0.15, 0.2) is 54.7 Å². The zero-order chi connectivity index (χ0) is 27.6. The summed E-state index contributed by atoms with van der Waals surface area (Å²) in [4.78, 5) is 10.2. The van der Waals surface area contributed by atoms with Gasteiger partial charge in [0.2, 0.25) is 5.79 Å². The minimum Gasteiger partial charge on any atom is -0.493 e. The number of nitrogens with zero attached hydrogens (tertiary/aromatic N) is 2. The Hall–Kier alpha value is -2.64. The van der Waals surface area contributed by atoms with Crippen LogP contribution in [0.1, 0.15) is 89.7 Å². The molecule has 0 saturated carbocycles. The Morgan fingerprint density at radius 3 is 2.38 bits per heavy atom. The fraction of sp³-hybridized carbons (Fsp3) is 0.467. The topological polar surface area (TPSA) is 73.1 Å². The number of benzene rings is 1. The van der Waals surface area contributed by atoms with Crippen LogP contribution in [0.25, 0.3) is 10.6 Å². The predicted molar refractivity (Wildman–Crippen MR) is 156 cm³/mol. The summed E-state index contributed by atoms with van der Waals surface area (Å²) in [6, 6.07) is 6.13. The van der Waals surface area contributed by atoms with E-state index in [9.17, 15) is 4.39 Å². The van der Waals surface area contributed by atoms with Crippen LogP contribution in [0.4, 0.5) is 4.39 Å². The molecular weight excluding hydrogens is 483 g/mol. The molecular formula is C30H43FN4OS. The Balaban J connectivity index is 2.24. The largest absolute Gasteiger partial charge is 0.493 e. The fourth-order valence-corrected chi connectivity index (χ4v) is 4.29. The molecule has 0 fully saturated rings. The minimum atomic E-state index is -2.07. The van der Waals surface area contributed by atoms with Gasteiger partial charge in [0.05, 0.1) is 6.61 Å². The highest BCUT2D eigenvalue weighted by Gasteiger charge is 2.24. The van der Waals surface area contributed by atoms with Crippen LogP contribution in [-0.4, -0.2) is 16.6 Å². The van der Waals surface area contributed by atoms with Gasteiger partial charge >= 0.3 is 0 Å². The van der Waals surface area contributed by atoms with Gasteiger partial charge in [0.15, 0.2) is 5.82 Å². The zero-order valence-electron chi connectivity index (χ0n) is 23.3. The van der Waals surface area contributed by atoms with E-state index in [0.29, 0.717) is 13.2 Å². The van der Waals surface area contributed by atoms with E-state index in [1.54, 1.807) is 24.2 Å². The highest BCUT2D eigenvalue weighted by molar-refractivity contribution is 8.11. The first kappa shape index (κ1) is 30.6. The number of unbranched alkanes of at least 4 members (excludes halogenated alkanes) is 1. The van der Waals surface area contributed by atoms with Gasteiger partial charge in [-0.15, -0.1) is 0 Å². The van der Waals surface area contributed by atoms with Crippen molar-refractivity contribution in [2.24, 2.45) is 11.1 Å². The number of alkyl halides is 1. The quantitative estimate of drug-likeness (QED) is 0.229. The van der Waals surface area contributed by atoms with Crippen molar-refractivity contribution in [3.63, 3.8) is 0 Å². The Bertz CT molecular complexity index is 1090. The molecule has 0 amide bonds. The van der Waals surface area contributed by atoms with Crippen molar-refractivity contribution in [2.45, 2.75) is 79.6 Å². The van der Waals surface area contributed by atoms with Gasteiger partial charge in [0.25, 0.3) is 0 Å². The van der Waals surface area contributed by atoms with Gasteiger partial charge in [-0.2, -0.15) is 0 Å². The molecule has 0 radical (unpaired) electrons. The first-order valence-corrected chi connectivity index (χ1v) is 13.7. The van der Waals surface area contributed by atoms with Crippen molar-refractivity contribution in [3.05, 3.63) is 77.2 Å². The van der Waals surface area contributed by atoms with Crippen LogP contribution in [0.5, 0.6) is 5.75 Å². The Labute approximate surface area is 226 Å². The molecule has 0 aliphatic carbocycles. The number of thioether (sulfide) groups is 1. The summed E-state index contributed by atoms with van der Waals surface area (Å²) in [5, 5.41) is 3.33. The van der Waals surface area contributed by atoms with Crippen LogP contribution < -0.4 is 15.8 Å². The van der Waals surface area contributed by atoms with Crippen molar-refractivity contribution >= 4 is 22.4 Å². The van der Waals surface area contributed by atoms with Gasteiger partial charge in [0, 0.05) is 46.1 Å². The highest BCUT2D eigenvalue weighted by Crippen LogP contribution is 2.36. The zero-order valence-corrected chi connectivity index (χ0v) is 24.1. The number of ether oxygens (including phenoxy) is 1. The standard InChI is InChI=1S/C30H43FN4OS/c1-9-12-13-29(7,11-3)20-36-27-15-25(14-26(16-27)23(6)37-21(4)10-2)22(5)33-17-24-18-34-28(35-19-24)30(8,31)32/h10,14-16,18-19,33H,5-6,9,11-13,17,20,32H2,1-4,7-8H3/b21-10-. The lowest BCUT2D eigenvalue weighted by Gasteiger charge is -2.28. The van der Waals surface area contributed by atoms with Crippen molar-refractivity contribution < 1.29 is 9.13 Å². The van der Waals surface area contributed by atoms with E-state index in [-0.39, 0.29) is 11.2 Å². The second-order valence-corrected chi connectivity index (χ2v) is 11.4. The van der Waals surface area contributed by atoms with Gasteiger partial charge in [-0.05, 0) is 62.3 Å². The predicted octanol–water partition coefficient (Wildman–Crippen LogP) is 7.95. The molecule has 2 unspecified atom stereocenters. The second-order valence-electron chi connectivity index (χ2n) is 10.0. The maximum absolute atomic E-state index is 13.9. The van der Waals surface area contributed by atoms with Gasteiger partial charge in [-0.3, -0.25) is 5.73 Å². The number of rotatable bonds is 15. The first-order chi connectivity index (χ1) is 17.4. The lowest BCUT2D eigenvalue weighted by Crippen LogP contribution is -2.29. The molecule has 1 aromatic heterocycles. The molecule has 0 spiro atoms. The number of aromatic nitrogens is 2. The smallest absolute Gasteiger partial charge is 0.216 e. The molecule has 5 nitrogen and oxygen atoms in total. The Morgan fingerprint density at radius 1 is 1.16 bits per heavy atom. The van der Waals surface area contributed by atoms with Crippen molar-refractivity contribution in [2.75, 3.05) is 6.61 Å². The Morgan fingerprint density at radius 2 is 1.81 bits per heavy atom. The average molecular weight is 527 g/mol. The summed E-state index contributed by atoms with van der Waals surface area (Å²) in [7, 11) is 0. The first-order valence-electron chi connectivity index (χ1n) is 12.9. The molecule has 2 rings (SSSR count). The van der Waals surface area contributed by atoms with E-state index >= 15 is 0 Å². The van der Waals surface area contributed by atoms with E-state index < -0.39 is 5.79 Å². The monoisotopic (exact) mass is 526 g/mol. The maximum atomic E-state index is 13.9. The molecule has 0 saturated heterocycles. The molecule has 1 aromatic carbocycles. The molecule has 1 heterocycles. The maximum Gasteiger partial charge on any atom is 0.216 e. The third kappa shape index (κ3) is 9.63. The van der Waals surface area contributed by atoms with Crippen LogP contribution in [0.3, 0.4) is 0 Å². The second kappa shape index (κ2) is 13.8. The minimum absolute atomic E-state index is 0.0463. The number of hydrogen-bond acceptors (Lipinski definition) is 6. The molecule has 202 valence electrons. The van der Waals surface area contributed by atoms with Crippen LogP contribution in [0.2, 0.25) is 0 Å². The lowest BCUT2D eigenvalue weighted by atomic mass is 9.83. The van der Waals surface area contributed by atoms with Crippen LogP contribution in [0, 0.1) is 5.41 Å². The van der Waals surface area contributed by atoms with Crippen molar-refractivity contribution in [3.8, 4) is 5.75 Å². The molecule has 37 heavy (non-hydrogen) atoms. The summed E-state index contributed by atoms with van der Waals surface area (Å²) in [5.74, 6) is -1.32. The van der Waals surface area contributed by atoms with E-state index in [1.807, 2.05) is 13.0 Å². The molecule has 3 N–H and O–H groups in total. The number of allylic oxidation sites excluding steroid dienone is 2. The lowest BCUT2D eigenvalue weighted by molar-refractivity contribution is 0.143. The third-order valence-corrected chi connectivity index (χ3v) is 7.53. The van der Waals surface area contributed by atoms with E-state index in [4.69, 9.17) is 10.5 Å². The molecule has 2 aromatic rings. The number of nitrogens with two attached hydrogens (primary N) is 1. The summed E-state index contributed by atoms with van der Waals surface area (Å²) in [6.07, 6.45) is 9.77. The SMILES string of the molecule is C=C(NCc1cnc(C(C)(N)F)nc1)c1cc(OCC(C)(CC)CCCC)cc(C(=C)S/C(C)=C\C)c1.